The average Bonchev–Trinajstić information content (AvgIpc) is 2.63. The van der Waals surface area contributed by atoms with Gasteiger partial charge < -0.3 is 32.9 Å². The van der Waals surface area contributed by atoms with Gasteiger partial charge in [0.2, 0.25) is 11.8 Å². The molecule has 0 spiro atoms. The lowest BCUT2D eigenvalue weighted by atomic mass is 10.0. The molecule has 154 valence electrons. The van der Waals surface area contributed by atoms with E-state index < -0.39 is 35.9 Å². The van der Waals surface area contributed by atoms with Gasteiger partial charge in [0.1, 0.15) is 12.1 Å². The second-order valence-corrected chi connectivity index (χ2v) is 6.39. The van der Waals surface area contributed by atoms with E-state index in [2.05, 4.69) is 15.6 Å². The number of nitrogens with one attached hydrogen (secondary N) is 2. The number of hydrogen-bond acceptors (Lipinski definition) is 5. The second-order valence-electron chi connectivity index (χ2n) is 6.39. The molecule has 3 atom stereocenters. The minimum absolute atomic E-state index is 0.0857. The molecule has 10 nitrogen and oxygen atoms in total. The van der Waals surface area contributed by atoms with Crippen LogP contribution in [0, 0.1) is 0 Å². The number of carbonyl (C=O) groups excluding carboxylic acids is 2. The first-order valence-corrected chi connectivity index (χ1v) is 8.89. The Morgan fingerprint density at radius 1 is 1.07 bits per heavy atom. The first-order valence-electron chi connectivity index (χ1n) is 8.89. The van der Waals surface area contributed by atoms with E-state index in [-0.39, 0.29) is 25.3 Å². The summed E-state index contributed by atoms with van der Waals surface area (Å²) in [5.74, 6) is -2.38. The maximum absolute atomic E-state index is 12.7. The molecule has 0 aliphatic carbocycles. The molecule has 1 aromatic carbocycles. The number of nitrogens with zero attached hydrogens (tertiary/aromatic N) is 1. The number of carbonyl (C=O) groups is 3. The van der Waals surface area contributed by atoms with Crippen LogP contribution in [0.3, 0.4) is 0 Å². The number of amides is 2. The fourth-order valence-electron chi connectivity index (χ4n) is 2.40. The molecule has 0 radical (unpaired) electrons. The van der Waals surface area contributed by atoms with Gasteiger partial charge in [-0.1, -0.05) is 30.3 Å². The van der Waals surface area contributed by atoms with Crippen molar-refractivity contribution in [1.29, 1.82) is 0 Å². The van der Waals surface area contributed by atoms with Crippen molar-refractivity contribution in [1.82, 2.24) is 10.6 Å². The number of aliphatic imine (C=N–C) groups is 1. The van der Waals surface area contributed by atoms with Gasteiger partial charge >= 0.3 is 5.97 Å². The molecule has 3 unspecified atom stereocenters. The largest absolute Gasteiger partial charge is 0.480 e. The van der Waals surface area contributed by atoms with E-state index in [1.165, 1.54) is 6.92 Å². The van der Waals surface area contributed by atoms with Crippen LogP contribution in [0.25, 0.3) is 0 Å². The monoisotopic (exact) mass is 392 g/mol. The summed E-state index contributed by atoms with van der Waals surface area (Å²) in [5, 5.41) is 14.4. The highest BCUT2D eigenvalue weighted by Crippen LogP contribution is 2.06. The van der Waals surface area contributed by atoms with Gasteiger partial charge in [-0.3, -0.25) is 14.6 Å². The van der Waals surface area contributed by atoms with Crippen molar-refractivity contribution in [2.75, 3.05) is 6.54 Å². The minimum atomic E-state index is -1.19. The van der Waals surface area contributed by atoms with Crippen molar-refractivity contribution < 1.29 is 19.5 Å². The average molecular weight is 392 g/mol. The Labute approximate surface area is 163 Å². The van der Waals surface area contributed by atoms with Gasteiger partial charge in [-0.25, -0.2) is 4.79 Å². The summed E-state index contributed by atoms with van der Waals surface area (Å²) < 4.78 is 0. The zero-order valence-corrected chi connectivity index (χ0v) is 15.8. The predicted molar refractivity (Wildman–Crippen MR) is 105 cm³/mol. The van der Waals surface area contributed by atoms with Crippen molar-refractivity contribution in [3.8, 4) is 0 Å². The number of carboxylic acids is 1. The van der Waals surface area contributed by atoms with Gasteiger partial charge in [-0.15, -0.1) is 0 Å². The van der Waals surface area contributed by atoms with Crippen LogP contribution in [0.2, 0.25) is 0 Å². The molecule has 0 saturated heterocycles. The zero-order valence-electron chi connectivity index (χ0n) is 15.8. The minimum Gasteiger partial charge on any atom is -0.480 e. The van der Waals surface area contributed by atoms with Crippen LogP contribution >= 0.6 is 0 Å². The Hall–Kier alpha value is -3.14. The van der Waals surface area contributed by atoms with Crippen LogP contribution in [0.5, 0.6) is 0 Å². The van der Waals surface area contributed by atoms with Crippen molar-refractivity contribution in [2.45, 2.75) is 44.3 Å². The molecule has 0 heterocycles. The van der Waals surface area contributed by atoms with Crippen LogP contribution in [-0.4, -0.2) is 53.5 Å². The number of rotatable bonds is 11. The molecule has 0 saturated carbocycles. The zero-order chi connectivity index (χ0) is 21.1. The molecular formula is C18H28N6O4. The molecule has 1 aromatic rings. The summed E-state index contributed by atoms with van der Waals surface area (Å²) in [5.41, 5.74) is 16.8. The number of guanidine groups is 1. The lowest BCUT2D eigenvalue weighted by Crippen LogP contribution is -2.54. The van der Waals surface area contributed by atoms with Crippen LogP contribution in [0.1, 0.15) is 25.3 Å². The molecule has 1 rings (SSSR count). The van der Waals surface area contributed by atoms with Gasteiger partial charge in [0.25, 0.3) is 0 Å². The van der Waals surface area contributed by atoms with Crippen LogP contribution in [-0.2, 0) is 20.8 Å². The molecule has 0 aliphatic rings. The molecular weight excluding hydrogens is 364 g/mol. The third-order valence-corrected chi connectivity index (χ3v) is 3.89. The molecule has 2 amide bonds. The maximum atomic E-state index is 12.7. The summed E-state index contributed by atoms with van der Waals surface area (Å²) in [7, 11) is 0. The number of hydrogen-bond donors (Lipinski definition) is 6. The summed E-state index contributed by atoms with van der Waals surface area (Å²) in [6.45, 7) is 1.74. The number of aliphatic carboxylic acids is 1. The smallest absolute Gasteiger partial charge is 0.326 e. The third kappa shape index (κ3) is 8.49. The van der Waals surface area contributed by atoms with E-state index in [0.717, 1.165) is 5.56 Å². The Balaban J connectivity index is 2.82. The lowest BCUT2D eigenvalue weighted by molar-refractivity contribution is -0.142. The SMILES string of the molecule is CC(N)C(=O)NC(Cc1ccccc1)C(=O)NC(CCCN=C(N)N)C(=O)O. The fourth-order valence-corrected chi connectivity index (χ4v) is 2.40. The molecule has 0 aromatic heterocycles. The van der Waals surface area contributed by atoms with E-state index in [1.807, 2.05) is 18.2 Å². The van der Waals surface area contributed by atoms with Gasteiger partial charge in [-0.05, 0) is 25.3 Å². The van der Waals surface area contributed by atoms with E-state index in [0.29, 0.717) is 6.42 Å². The first-order chi connectivity index (χ1) is 13.2. The first kappa shape index (κ1) is 22.9. The highest BCUT2D eigenvalue weighted by molar-refractivity contribution is 5.91. The molecule has 28 heavy (non-hydrogen) atoms. The molecule has 0 bridgehead atoms. The second kappa shape index (κ2) is 11.5. The molecule has 0 fully saturated rings. The Kier molecular flexibility index (Phi) is 9.44. The van der Waals surface area contributed by atoms with Gasteiger partial charge in [-0.2, -0.15) is 0 Å². The molecule has 9 N–H and O–H groups in total. The van der Waals surface area contributed by atoms with Gasteiger partial charge in [0, 0.05) is 13.0 Å². The Morgan fingerprint density at radius 2 is 1.68 bits per heavy atom. The summed E-state index contributed by atoms with van der Waals surface area (Å²) in [6, 6.07) is 6.16. The topological polar surface area (TPSA) is 186 Å². The van der Waals surface area contributed by atoms with Gasteiger partial charge in [0.05, 0.1) is 6.04 Å². The summed E-state index contributed by atoms with van der Waals surface area (Å²) >= 11 is 0. The Bertz CT molecular complexity index is 689. The van der Waals surface area contributed by atoms with Crippen LogP contribution in [0.4, 0.5) is 0 Å². The number of benzene rings is 1. The van der Waals surface area contributed by atoms with E-state index in [9.17, 15) is 19.5 Å². The van der Waals surface area contributed by atoms with E-state index >= 15 is 0 Å². The van der Waals surface area contributed by atoms with E-state index in [1.54, 1.807) is 12.1 Å². The van der Waals surface area contributed by atoms with Crippen molar-refractivity contribution in [2.24, 2.45) is 22.2 Å². The van der Waals surface area contributed by atoms with Crippen LogP contribution in [0.15, 0.2) is 35.3 Å². The van der Waals surface area contributed by atoms with Crippen molar-refractivity contribution in [3.05, 3.63) is 35.9 Å². The third-order valence-electron chi connectivity index (χ3n) is 3.89. The van der Waals surface area contributed by atoms with Crippen LogP contribution < -0.4 is 27.8 Å². The van der Waals surface area contributed by atoms with Crippen molar-refractivity contribution >= 4 is 23.7 Å². The summed E-state index contributed by atoms with van der Waals surface area (Å²) in [6.07, 6.45) is 0.702. The lowest BCUT2D eigenvalue weighted by Gasteiger charge is -2.22. The normalized spacial score (nSPS) is 13.6. The highest BCUT2D eigenvalue weighted by Gasteiger charge is 2.27. The highest BCUT2D eigenvalue weighted by atomic mass is 16.4. The Morgan fingerprint density at radius 3 is 2.21 bits per heavy atom. The maximum Gasteiger partial charge on any atom is 0.326 e. The van der Waals surface area contributed by atoms with E-state index in [4.69, 9.17) is 17.2 Å². The van der Waals surface area contributed by atoms with Crippen molar-refractivity contribution in [3.63, 3.8) is 0 Å². The molecule has 0 aliphatic heterocycles. The standard InChI is InChI=1S/C18H28N6O4/c1-11(19)15(25)24-14(10-12-6-3-2-4-7-12)16(26)23-13(17(27)28)8-5-9-22-18(20)21/h2-4,6-7,11,13-14H,5,8-10,19H2,1H3,(H,23,26)(H,24,25)(H,27,28)(H4,20,21,22). The van der Waals surface area contributed by atoms with Gasteiger partial charge in [0.15, 0.2) is 5.96 Å². The number of nitrogens with two attached hydrogens (primary N) is 3. The summed E-state index contributed by atoms with van der Waals surface area (Å²) in [4.78, 5) is 39.9. The predicted octanol–water partition coefficient (Wildman–Crippen LogP) is -1.32. The number of carboxylic acid groups (broad SMARTS) is 1. The molecule has 10 heteroatoms. The quantitative estimate of drug-likeness (QED) is 0.153. The fraction of sp³-hybridized carbons (Fsp3) is 0.444.